The number of anilines is 1. The predicted molar refractivity (Wildman–Crippen MR) is 100.0 cm³/mol. The Morgan fingerprint density at radius 3 is 2.40 bits per heavy atom. The molecule has 1 aromatic heterocycles. The monoisotopic (exact) mass is 451 g/mol. The van der Waals surface area contributed by atoms with Gasteiger partial charge in [-0.1, -0.05) is 17.2 Å². The predicted octanol–water partition coefficient (Wildman–Crippen LogP) is 3.61. The molecule has 0 aliphatic heterocycles. The van der Waals surface area contributed by atoms with Gasteiger partial charge in [-0.2, -0.15) is 0 Å². The van der Waals surface area contributed by atoms with Gasteiger partial charge in [0.25, 0.3) is 5.91 Å². The van der Waals surface area contributed by atoms with Crippen molar-refractivity contribution in [2.24, 2.45) is 0 Å². The summed E-state index contributed by atoms with van der Waals surface area (Å²) >= 11 is 2.09. The Morgan fingerprint density at radius 1 is 1.08 bits per heavy atom. The van der Waals surface area contributed by atoms with Crippen molar-refractivity contribution < 1.29 is 18.7 Å². The largest absolute Gasteiger partial charge is 0.497 e. The number of amides is 1. The fourth-order valence-corrected chi connectivity index (χ4v) is 2.76. The van der Waals surface area contributed by atoms with Crippen LogP contribution in [0.25, 0.3) is 11.5 Å². The van der Waals surface area contributed by atoms with Crippen molar-refractivity contribution in [1.82, 2.24) is 10.2 Å². The molecule has 128 valence electrons. The van der Waals surface area contributed by atoms with Crippen LogP contribution >= 0.6 is 22.6 Å². The van der Waals surface area contributed by atoms with Gasteiger partial charge in [0, 0.05) is 15.2 Å². The van der Waals surface area contributed by atoms with Crippen molar-refractivity contribution in [1.29, 1.82) is 0 Å². The number of ether oxygens (including phenoxy) is 2. The number of benzene rings is 2. The molecular weight excluding hydrogens is 437 g/mol. The van der Waals surface area contributed by atoms with E-state index < -0.39 is 0 Å². The van der Waals surface area contributed by atoms with E-state index in [1.807, 2.05) is 12.1 Å². The highest BCUT2D eigenvalue weighted by molar-refractivity contribution is 14.1. The fourth-order valence-electron chi connectivity index (χ4n) is 2.13. The zero-order chi connectivity index (χ0) is 17.8. The third-order valence-electron chi connectivity index (χ3n) is 3.36. The summed E-state index contributed by atoms with van der Waals surface area (Å²) in [7, 11) is 3.11. The number of nitrogens with zero attached hydrogens (tertiary/aromatic N) is 2. The van der Waals surface area contributed by atoms with Gasteiger partial charge in [0.05, 0.1) is 19.8 Å². The van der Waals surface area contributed by atoms with Crippen LogP contribution in [0, 0.1) is 3.57 Å². The van der Waals surface area contributed by atoms with Crippen molar-refractivity contribution in [3.8, 4) is 23.0 Å². The third kappa shape index (κ3) is 3.90. The van der Waals surface area contributed by atoms with Crippen LogP contribution < -0.4 is 14.8 Å². The Bertz CT molecular complexity index is 888. The number of hydrogen-bond donors (Lipinski definition) is 1. The molecule has 8 heteroatoms. The second kappa shape index (κ2) is 7.51. The van der Waals surface area contributed by atoms with Crippen LogP contribution in [-0.2, 0) is 0 Å². The first-order valence-electron chi connectivity index (χ1n) is 7.23. The lowest BCUT2D eigenvalue weighted by Gasteiger charge is -2.06. The standard InChI is InChI=1S/C17H14IN3O4/c1-23-11-7-10(8-12(9-11)24-2)16-20-21-17(25-16)19-15(22)13-5-3-4-6-14(13)18/h3-9H,1-2H3,(H,19,21,22). The summed E-state index contributed by atoms with van der Waals surface area (Å²) in [5.74, 6) is 1.12. The van der Waals surface area contributed by atoms with Gasteiger partial charge in [0.15, 0.2) is 0 Å². The Labute approximate surface area is 157 Å². The minimum absolute atomic E-state index is 0.0152. The minimum Gasteiger partial charge on any atom is -0.497 e. The van der Waals surface area contributed by atoms with E-state index in [2.05, 4.69) is 38.1 Å². The van der Waals surface area contributed by atoms with Gasteiger partial charge < -0.3 is 13.9 Å². The first-order valence-corrected chi connectivity index (χ1v) is 8.31. The van der Waals surface area contributed by atoms with E-state index in [9.17, 15) is 4.79 Å². The van der Waals surface area contributed by atoms with Gasteiger partial charge in [-0.15, -0.1) is 5.10 Å². The van der Waals surface area contributed by atoms with Gasteiger partial charge in [0.1, 0.15) is 11.5 Å². The van der Waals surface area contributed by atoms with Crippen molar-refractivity contribution in [3.05, 3.63) is 51.6 Å². The number of hydrogen-bond acceptors (Lipinski definition) is 6. The lowest BCUT2D eigenvalue weighted by Crippen LogP contribution is -2.13. The molecule has 3 rings (SSSR count). The van der Waals surface area contributed by atoms with Crippen molar-refractivity contribution in [2.45, 2.75) is 0 Å². The maximum atomic E-state index is 12.3. The smallest absolute Gasteiger partial charge is 0.322 e. The molecule has 0 aliphatic rings. The summed E-state index contributed by atoms with van der Waals surface area (Å²) in [5.41, 5.74) is 1.16. The summed E-state index contributed by atoms with van der Waals surface area (Å²) in [5, 5.41) is 10.4. The zero-order valence-electron chi connectivity index (χ0n) is 13.4. The van der Waals surface area contributed by atoms with Crippen LogP contribution in [-0.4, -0.2) is 30.3 Å². The van der Waals surface area contributed by atoms with Crippen LogP contribution in [0.5, 0.6) is 11.5 Å². The summed E-state index contributed by atoms with van der Waals surface area (Å²) in [6, 6.07) is 12.4. The highest BCUT2D eigenvalue weighted by Crippen LogP contribution is 2.29. The topological polar surface area (TPSA) is 86.5 Å². The van der Waals surface area contributed by atoms with Crippen LogP contribution in [0.4, 0.5) is 6.01 Å². The molecule has 0 radical (unpaired) electrons. The normalized spacial score (nSPS) is 10.4. The van der Waals surface area contributed by atoms with Crippen molar-refractivity contribution in [3.63, 3.8) is 0 Å². The molecule has 1 amide bonds. The van der Waals surface area contributed by atoms with Gasteiger partial charge in [-0.05, 0) is 46.9 Å². The molecule has 1 N–H and O–H groups in total. The molecule has 7 nitrogen and oxygen atoms in total. The average Bonchev–Trinajstić information content (AvgIpc) is 3.10. The lowest BCUT2D eigenvalue weighted by molar-refractivity contribution is 0.102. The lowest BCUT2D eigenvalue weighted by atomic mass is 10.2. The van der Waals surface area contributed by atoms with Crippen LogP contribution in [0.2, 0.25) is 0 Å². The quantitative estimate of drug-likeness (QED) is 0.597. The molecule has 0 saturated carbocycles. The Hall–Kier alpha value is -2.62. The molecule has 0 bridgehead atoms. The summed E-state index contributed by atoms with van der Waals surface area (Å²) in [6.45, 7) is 0. The van der Waals surface area contributed by atoms with Gasteiger partial charge in [0.2, 0.25) is 5.89 Å². The van der Waals surface area contributed by atoms with E-state index in [-0.39, 0.29) is 17.8 Å². The molecule has 0 spiro atoms. The third-order valence-corrected chi connectivity index (χ3v) is 4.30. The number of carbonyl (C=O) groups is 1. The second-order valence-corrected chi connectivity index (χ2v) is 6.11. The van der Waals surface area contributed by atoms with Crippen LogP contribution in [0.3, 0.4) is 0 Å². The molecule has 0 aliphatic carbocycles. The number of aromatic nitrogens is 2. The minimum atomic E-state index is -0.316. The maximum Gasteiger partial charge on any atom is 0.322 e. The van der Waals surface area contributed by atoms with E-state index in [1.165, 1.54) is 0 Å². The molecule has 2 aromatic carbocycles. The highest BCUT2D eigenvalue weighted by Gasteiger charge is 2.15. The van der Waals surface area contributed by atoms with Gasteiger partial charge >= 0.3 is 6.01 Å². The van der Waals surface area contributed by atoms with E-state index in [1.54, 1.807) is 44.6 Å². The summed E-state index contributed by atoms with van der Waals surface area (Å²) < 4.78 is 16.8. The first-order chi connectivity index (χ1) is 12.1. The van der Waals surface area contributed by atoms with Crippen molar-refractivity contribution >= 4 is 34.5 Å². The second-order valence-electron chi connectivity index (χ2n) is 4.95. The SMILES string of the molecule is COc1cc(OC)cc(-c2nnc(NC(=O)c3ccccc3I)o2)c1. The summed E-state index contributed by atoms with van der Waals surface area (Å²) in [4.78, 5) is 12.3. The zero-order valence-corrected chi connectivity index (χ0v) is 15.6. The molecule has 0 unspecified atom stereocenters. The van der Waals surface area contributed by atoms with E-state index in [0.717, 1.165) is 3.57 Å². The Kier molecular flexibility index (Phi) is 5.17. The molecule has 0 fully saturated rings. The molecule has 0 atom stereocenters. The van der Waals surface area contributed by atoms with Gasteiger partial charge in [-0.25, -0.2) is 0 Å². The van der Waals surface area contributed by atoms with Crippen LogP contribution in [0.15, 0.2) is 46.9 Å². The van der Waals surface area contributed by atoms with E-state index in [0.29, 0.717) is 22.6 Å². The molecule has 25 heavy (non-hydrogen) atoms. The van der Waals surface area contributed by atoms with E-state index >= 15 is 0 Å². The molecular formula is C17H14IN3O4. The number of nitrogens with one attached hydrogen (secondary N) is 1. The maximum absolute atomic E-state index is 12.3. The molecule has 1 heterocycles. The molecule has 0 saturated heterocycles. The van der Waals surface area contributed by atoms with E-state index in [4.69, 9.17) is 13.9 Å². The Balaban J connectivity index is 1.83. The number of methoxy groups -OCH3 is 2. The van der Waals surface area contributed by atoms with Gasteiger partial charge in [-0.3, -0.25) is 10.1 Å². The Morgan fingerprint density at radius 2 is 1.76 bits per heavy atom. The summed E-state index contributed by atoms with van der Waals surface area (Å²) in [6.07, 6.45) is 0. The number of rotatable bonds is 5. The fraction of sp³-hybridized carbons (Fsp3) is 0.118. The molecule has 3 aromatic rings. The number of halogens is 1. The average molecular weight is 451 g/mol. The highest BCUT2D eigenvalue weighted by atomic mass is 127. The van der Waals surface area contributed by atoms with Crippen molar-refractivity contribution in [2.75, 3.05) is 19.5 Å². The number of carbonyl (C=O) groups excluding carboxylic acids is 1. The van der Waals surface area contributed by atoms with Crippen LogP contribution in [0.1, 0.15) is 10.4 Å². The first kappa shape index (κ1) is 17.2.